The second-order valence-electron chi connectivity index (χ2n) is 6.27. The van der Waals surface area contributed by atoms with Gasteiger partial charge in [0.15, 0.2) is 0 Å². The third-order valence-corrected chi connectivity index (χ3v) is 3.81. The summed E-state index contributed by atoms with van der Waals surface area (Å²) in [5, 5.41) is 10.6. The summed E-state index contributed by atoms with van der Waals surface area (Å²) >= 11 is 0. The van der Waals surface area contributed by atoms with Crippen LogP contribution in [0.15, 0.2) is 0 Å². The van der Waals surface area contributed by atoms with Crippen molar-refractivity contribution in [3.63, 3.8) is 0 Å². The zero-order valence-corrected chi connectivity index (χ0v) is 13.0. The highest BCUT2D eigenvalue weighted by atomic mass is 16.3. The van der Waals surface area contributed by atoms with Crippen LogP contribution in [0.3, 0.4) is 0 Å². The molecule has 2 nitrogen and oxygen atoms in total. The van der Waals surface area contributed by atoms with Gasteiger partial charge in [0.2, 0.25) is 0 Å². The third-order valence-electron chi connectivity index (χ3n) is 3.81. The highest BCUT2D eigenvalue weighted by molar-refractivity contribution is 4.47. The van der Waals surface area contributed by atoms with Gasteiger partial charge in [-0.25, -0.2) is 0 Å². The van der Waals surface area contributed by atoms with Gasteiger partial charge in [-0.05, 0) is 12.8 Å². The van der Waals surface area contributed by atoms with Crippen LogP contribution in [0.25, 0.3) is 0 Å². The van der Waals surface area contributed by atoms with E-state index < -0.39 is 0 Å². The molecule has 0 aromatic carbocycles. The Balaban J connectivity index is 3.16. The van der Waals surface area contributed by atoms with Crippen molar-refractivity contribution in [1.29, 1.82) is 0 Å². The fraction of sp³-hybridized carbons (Fsp3) is 1.00. The van der Waals surface area contributed by atoms with E-state index in [1.807, 2.05) is 0 Å². The predicted octanol–water partition coefficient (Wildman–Crippen LogP) is 3.34. The van der Waals surface area contributed by atoms with Gasteiger partial charge in [-0.15, -0.1) is 0 Å². The Labute approximate surface area is 115 Å². The van der Waals surface area contributed by atoms with Crippen molar-refractivity contribution >= 4 is 0 Å². The molecule has 0 rings (SSSR count). The maximum Gasteiger partial charge on any atom is 0.0782 e. The van der Waals surface area contributed by atoms with E-state index in [-0.39, 0.29) is 6.61 Å². The van der Waals surface area contributed by atoms with Crippen molar-refractivity contribution < 1.29 is 9.59 Å². The van der Waals surface area contributed by atoms with Gasteiger partial charge >= 0.3 is 0 Å². The average molecular weight is 257 g/mol. The molecule has 0 N–H and O–H groups in total. The molecule has 0 aromatic heterocycles. The first-order chi connectivity index (χ1) is 8.62. The molecule has 0 bridgehead atoms. The highest BCUT2D eigenvalue weighted by Gasteiger charge is 2.10. The van der Waals surface area contributed by atoms with Crippen LogP contribution in [0.5, 0.6) is 0 Å². The topological polar surface area (TPSA) is 23.1 Å². The van der Waals surface area contributed by atoms with Gasteiger partial charge in [-0.2, -0.15) is 0 Å². The lowest BCUT2D eigenvalue weighted by Crippen LogP contribution is -2.44. The van der Waals surface area contributed by atoms with E-state index >= 15 is 0 Å². The molecule has 0 saturated heterocycles. The highest BCUT2D eigenvalue weighted by Crippen LogP contribution is 2.11. The minimum Gasteiger partial charge on any atom is -0.850 e. The molecule has 0 aliphatic rings. The minimum absolute atomic E-state index is 0.0603. The van der Waals surface area contributed by atoms with E-state index in [4.69, 9.17) is 0 Å². The van der Waals surface area contributed by atoms with Crippen LogP contribution >= 0.6 is 0 Å². The molecule has 0 heterocycles. The number of quaternary nitrogens is 1. The molecule has 0 spiro atoms. The average Bonchev–Trinajstić information content (AvgIpc) is 2.31. The third kappa shape index (κ3) is 12.4. The maximum absolute atomic E-state index is 10.6. The largest absolute Gasteiger partial charge is 0.850 e. The molecule has 0 saturated carbocycles. The van der Waals surface area contributed by atoms with Crippen LogP contribution in [-0.4, -0.2) is 38.3 Å². The molecule has 0 fully saturated rings. The molecule has 0 aliphatic carbocycles. The number of unbranched alkanes of at least 4 members (excludes halogenated alkanes) is 9. The van der Waals surface area contributed by atoms with Crippen LogP contribution in [0.1, 0.15) is 71.1 Å². The van der Waals surface area contributed by atoms with Gasteiger partial charge in [0, 0.05) is 0 Å². The van der Waals surface area contributed by atoms with Gasteiger partial charge in [-0.1, -0.05) is 64.9 Å². The maximum atomic E-state index is 10.6. The molecule has 18 heavy (non-hydrogen) atoms. The molecule has 0 radical (unpaired) electrons. The number of hydrogen-bond acceptors (Lipinski definition) is 1. The lowest BCUT2D eigenvalue weighted by molar-refractivity contribution is -0.895. The summed E-state index contributed by atoms with van der Waals surface area (Å²) in [6.45, 7) is 4.27. The summed E-state index contributed by atoms with van der Waals surface area (Å²) < 4.78 is 0.903. The SMILES string of the molecule is CCCCCCCCCCCC[N+](C)(C)CC[O-]. The summed E-state index contributed by atoms with van der Waals surface area (Å²) in [5.41, 5.74) is 0. The van der Waals surface area contributed by atoms with Crippen LogP contribution in [0, 0.1) is 0 Å². The van der Waals surface area contributed by atoms with Crippen LogP contribution in [-0.2, 0) is 0 Å². The van der Waals surface area contributed by atoms with Gasteiger partial charge in [-0.3, -0.25) is 0 Å². The van der Waals surface area contributed by atoms with Gasteiger partial charge < -0.3 is 9.59 Å². The van der Waals surface area contributed by atoms with Gasteiger partial charge in [0.05, 0.1) is 27.2 Å². The molecule has 0 amide bonds. The molecular weight excluding hydrogens is 222 g/mol. The van der Waals surface area contributed by atoms with Crippen molar-refractivity contribution in [3.05, 3.63) is 0 Å². The zero-order chi connectivity index (χ0) is 13.7. The normalized spacial score (nSPS) is 12.0. The Morgan fingerprint density at radius 2 is 1.11 bits per heavy atom. The Morgan fingerprint density at radius 3 is 1.56 bits per heavy atom. The summed E-state index contributed by atoms with van der Waals surface area (Å²) in [6, 6.07) is 0. The van der Waals surface area contributed by atoms with E-state index in [0.717, 1.165) is 11.0 Å². The number of rotatable bonds is 13. The second-order valence-corrected chi connectivity index (χ2v) is 6.27. The Kier molecular flexibility index (Phi) is 11.9. The predicted molar refractivity (Wildman–Crippen MR) is 78.6 cm³/mol. The van der Waals surface area contributed by atoms with Crippen molar-refractivity contribution in [3.8, 4) is 0 Å². The van der Waals surface area contributed by atoms with E-state index in [9.17, 15) is 5.11 Å². The molecule has 110 valence electrons. The van der Waals surface area contributed by atoms with Crippen molar-refractivity contribution in [2.75, 3.05) is 33.8 Å². The van der Waals surface area contributed by atoms with Crippen molar-refractivity contribution in [2.45, 2.75) is 71.1 Å². The number of likely N-dealkylation sites (N-methyl/N-ethyl adjacent to an activating group) is 1. The Morgan fingerprint density at radius 1 is 0.667 bits per heavy atom. The van der Waals surface area contributed by atoms with Crippen LogP contribution < -0.4 is 5.11 Å². The van der Waals surface area contributed by atoms with Crippen molar-refractivity contribution in [2.24, 2.45) is 0 Å². The molecular formula is C16H35NO. The quantitative estimate of drug-likeness (QED) is 0.366. The summed E-state index contributed by atoms with van der Waals surface area (Å²) in [6.07, 6.45) is 13.9. The van der Waals surface area contributed by atoms with Crippen LogP contribution in [0.2, 0.25) is 0 Å². The van der Waals surface area contributed by atoms with Gasteiger partial charge in [0.1, 0.15) is 0 Å². The monoisotopic (exact) mass is 257 g/mol. The lowest BCUT2D eigenvalue weighted by Gasteiger charge is -2.31. The van der Waals surface area contributed by atoms with E-state index in [2.05, 4.69) is 21.0 Å². The van der Waals surface area contributed by atoms with E-state index in [0.29, 0.717) is 0 Å². The fourth-order valence-corrected chi connectivity index (χ4v) is 2.39. The summed E-state index contributed by atoms with van der Waals surface area (Å²) in [7, 11) is 4.34. The van der Waals surface area contributed by atoms with E-state index in [1.165, 1.54) is 70.8 Å². The molecule has 0 unspecified atom stereocenters. The Hall–Kier alpha value is -0.0800. The fourth-order valence-electron chi connectivity index (χ4n) is 2.39. The zero-order valence-electron chi connectivity index (χ0n) is 13.0. The second kappa shape index (κ2) is 12.0. The Bertz CT molecular complexity index is 168. The minimum atomic E-state index is 0.0603. The molecule has 0 aromatic rings. The first-order valence-corrected chi connectivity index (χ1v) is 8.02. The van der Waals surface area contributed by atoms with Gasteiger partial charge in [0.25, 0.3) is 0 Å². The van der Waals surface area contributed by atoms with E-state index in [1.54, 1.807) is 0 Å². The number of hydrogen-bond donors (Lipinski definition) is 0. The first-order valence-electron chi connectivity index (χ1n) is 8.02. The lowest BCUT2D eigenvalue weighted by atomic mass is 10.1. The first kappa shape index (κ1) is 17.9. The smallest absolute Gasteiger partial charge is 0.0782 e. The summed E-state index contributed by atoms with van der Waals surface area (Å²) in [4.78, 5) is 0. The standard InChI is InChI=1S/C16H35NO/c1-4-5-6-7-8-9-10-11-12-13-14-17(2,3)15-16-18/h4-16H2,1-3H3. The van der Waals surface area contributed by atoms with Crippen LogP contribution in [0.4, 0.5) is 0 Å². The molecule has 2 heteroatoms. The molecule has 0 atom stereocenters. The molecule has 0 aliphatic heterocycles. The number of nitrogens with zero attached hydrogens (tertiary/aromatic N) is 1. The van der Waals surface area contributed by atoms with Crippen molar-refractivity contribution in [1.82, 2.24) is 0 Å². The summed E-state index contributed by atoms with van der Waals surface area (Å²) in [5.74, 6) is 0.